The fourth-order valence-electron chi connectivity index (χ4n) is 1.08. The van der Waals surface area contributed by atoms with Gasteiger partial charge in [-0.25, -0.2) is 13.1 Å². The zero-order chi connectivity index (χ0) is 9.73. The van der Waals surface area contributed by atoms with Crippen molar-refractivity contribution in [2.75, 3.05) is 32.1 Å². The molecule has 1 rings (SSSR count). The van der Waals surface area contributed by atoms with Gasteiger partial charge in [-0.1, -0.05) is 0 Å². The molecule has 78 valence electrons. The molecule has 0 amide bonds. The van der Waals surface area contributed by atoms with Crippen molar-refractivity contribution in [1.29, 1.82) is 0 Å². The van der Waals surface area contributed by atoms with Gasteiger partial charge in [0.1, 0.15) is 0 Å². The van der Waals surface area contributed by atoms with Crippen molar-refractivity contribution < 1.29 is 13.2 Å². The van der Waals surface area contributed by atoms with Gasteiger partial charge in [0.05, 0.1) is 19.0 Å². The van der Waals surface area contributed by atoms with E-state index in [4.69, 9.17) is 4.74 Å². The van der Waals surface area contributed by atoms with Crippen molar-refractivity contribution in [2.24, 2.45) is 0 Å². The van der Waals surface area contributed by atoms with Crippen molar-refractivity contribution in [1.82, 2.24) is 10.0 Å². The molecule has 0 aliphatic carbocycles. The average Bonchev–Trinajstić information content (AvgIpc) is 2.17. The largest absolute Gasteiger partial charge is 0.378 e. The summed E-state index contributed by atoms with van der Waals surface area (Å²) in [5, 5.41) is 3.16. The van der Waals surface area contributed by atoms with Gasteiger partial charge in [-0.05, 0) is 6.92 Å². The van der Waals surface area contributed by atoms with Crippen LogP contribution in [-0.4, -0.2) is 46.5 Å². The van der Waals surface area contributed by atoms with Gasteiger partial charge in [-0.3, -0.25) is 0 Å². The van der Waals surface area contributed by atoms with Crippen LogP contribution in [0.4, 0.5) is 0 Å². The van der Waals surface area contributed by atoms with E-state index in [9.17, 15) is 8.42 Å². The summed E-state index contributed by atoms with van der Waals surface area (Å²) in [6.07, 6.45) is 0. The lowest BCUT2D eigenvalue weighted by molar-refractivity contribution is 0.0784. The molecule has 0 aromatic carbocycles. The first-order valence-corrected chi connectivity index (χ1v) is 6.08. The minimum Gasteiger partial charge on any atom is -0.378 e. The van der Waals surface area contributed by atoms with Crippen molar-refractivity contribution in [3.05, 3.63) is 0 Å². The lowest BCUT2D eigenvalue weighted by atomic mass is 10.3. The molecule has 0 radical (unpaired) electrons. The normalized spacial score (nSPS) is 24.5. The molecule has 1 fully saturated rings. The monoisotopic (exact) mass is 208 g/mol. The molecule has 1 saturated heterocycles. The number of morpholine rings is 1. The van der Waals surface area contributed by atoms with E-state index in [2.05, 4.69) is 10.0 Å². The summed E-state index contributed by atoms with van der Waals surface area (Å²) in [7, 11) is -3.06. The zero-order valence-corrected chi connectivity index (χ0v) is 8.56. The summed E-state index contributed by atoms with van der Waals surface area (Å²) < 4.78 is 29.8. The summed E-state index contributed by atoms with van der Waals surface area (Å²) >= 11 is 0. The molecule has 0 aromatic rings. The summed E-state index contributed by atoms with van der Waals surface area (Å²) in [5.74, 6) is 0.126. The predicted octanol–water partition coefficient (Wildman–Crippen LogP) is -1.09. The van der Waals surface area contributed by atoms with Crippen molar-refractivity contribution >= 4 is 10.0 Å². The van der Waals surface area contributed by atoms with E-state index in [1.165, 1.54) is 0 Å². The van der Waals surface area contributed by atoms with Gasteiger partial charge in [-0.2, -0.15) is 0 Å². The van der Waals surface area contributed by atoms with Crippen LogP contribution >= 0.6 is 0 Å². The summed E-state index contributed by atoms with van der Waals surface area (Å²) in [4.78, 5) is 0. The summed E-state index contributed by atoms with van der Waals surface area (Å²) in [6, 6.07) is 0.107. The molecular formula is C7H16N2O3S. The Bertz CT molecular complexity index is 234. The smallest absolute Gasteiger partial charge is 0.211 e. The number of hydrogen-bond donors (Lipinski definition) is 2. The highest BCUT2D eigenvalue weighted by Gasteiger charge is 2.15. The van der Waals surface area contributed by atoms with Gasteiger partial charge in [-0.15, -0.1) is 0 Å². The van der Waals surface area contributed by atoms with E-state index in [0.717, 1.165) is 6.54 Å². The molecule has 6 heteroatoms. The van der Waals surface area contributed by atoms with Crippen molar-refractivity contribution in [2.45, 2.75) is 13.0 Å². The molecule has 1 atom stereocenters. The maximum atomic E-state index is 11.1. The molecule has 0 spiro atoms. The number of hydrogen-bond acceptors (Lipinski definition) is 4. The van der Waals surface area contributed by atoms with Crippen LogP contribution in [0.1, 0.15) is 6.92 Å². The highest BCUT2D eigenvalue weighted by molar-refractivity contribution is 7.89. The fraction of sp³-hybridized carbons (Fsp3) is 1.00. The molecule has 1 aliphatic rings. The second-order valence-electron chi connectivity index (χ2n) is 2.98. The minimum atomic E-state index is -3.06. The van der Waals surface area contributed by atoms with Gasteiger partial charge >= 0.3 is 0 Å². The van der Waals surface area contributed by atoms with E-state index in [1.807, 2.05) is 0 Å². The van der Waals surface area contributed by atoms with E-state index in [1.54, 1.807) is 6.92 Å². The van der Waals surface area contributed by atoms with Crippen LogP contribution in [0.25, 0.3) is 0 Å². The Morgan fingerprint density at radius 2 is 2.38 bits per heavy atom. The first kappa shape index (κ1) is 10.9. The lowest BCUT2D eigenvalue weighted by Gasteiger charge is -2.23. The molecular weight excluding hydrogens is 192 g/mol. The quantitative estimate of drug-likeness (QED) is 0.616. The van der Waals surface area contributed by atoms with Gasteiger partial charge in [0, 0.05) is 19.1 Å². The van der Waals surface area contributed by atoms with E-state index in [-0.39, 0.29) is 11.8 Å². The minimum absolute atomic E-state index is 0.107. The molecule has 5 nitrogen and oxygen atoms in total. The third-order valence-corrected chi connectivity index (χ3v) is 3.29. The van der Waals surface area contributed by atoms with Gasteiger partial charge in [0.15, 0.2) is 0 Å². The van der Waals surface area contributed by atoms with E-state index >= 15 is 0 Å². The Morgan fingerprint density at radius 3 is 2.92 bits per heavy atom. The fourth-order valence-corrected chi connectivity index (χ4v) is 1.74. The number of sulfonamides is 1. The molecule has 0 bridgehead atoms. The maximum Gasteiger partial charge on any atom is 0.211 e. The standard InChI is InChI=1S/C7H16N2O3S/c1-2-13(10,11)9-5-7-6-12-4-3-8-7/h7-9H,2-6H2,1H3. The predicted molar refractivity (Wildman–Crippen MR) is 50.1 cm³/mol. The maximum absolute atomic E-state index is 11.1. The molecule has 1 unspecified atom stereocenters. The Labute approximate surface area is 78.9 Å². The van der Waals surface area contributed by atoms with E-state index in [0.29, 0.717) is 19.8 Å². The molecule has 0 aromatic heterocycles. The molecule has 13 heavy (non-hydrogen) atoms. The van der Waals surface area contributed by atoms with Crippen LogP contribution in [0.3, 0.4) is 0 Å². The molecule has 1 heterocycles. The van der Waals surface area contributed by atoms with Gasteiger partial charge in [0.25, 0.3) is 0 Å². The molecule has 0 saturated carbocycles. The summed E-state index contributed by atoms with van der Waals surface area (Å²) in [6.45, 7) is 4.10. The first-order chi connectivity index (χ1) is 6.14. The summed E-state index contributed by atoms with van der Waals surface area (Å²) in [5.41, 5.74) is 0. The van der Waals surface area contributed by atoms with Gasteiger partial charge < -0.3 is 10.1 Å². The second kappa shape index (κ2) is 4.90. The Hall–Kier alpha value is -0.170. The lowest BCUT2D eigenvalue weighted by Crippen LogP contribution is -2.48. The van der Waals surface area contributed by atoms with Gasteiger partial charge in [0.2, 0.25) is 10.0 Å². The number of nitrogens with one attached hydrogen (secondary N) is 2. The number of rotatable bonds is 4. The van der Waals surface area contributed by atoms with Crippen molar-refractivity contribution in [3.63, 3.8) is 0 Å². The Kier molecular flexibility index (Phi) is 4.11. The third-order valence-electron chi connectivity index (χ3n) is 1.93. The highest BCUT2D eigenvalue weighted by atomic mass is 32.2. The van der Waals surface area contributed by atoms with Crippen molar-refractivity contribution in [3.8, 4) is 0 Å². The Balaban J connectivity index is 2.25. The Morgan fingerprint density at radius 1 is 1.62 bits per heavy atom. The highest BCUT2D eigenvalue weighted by Crippen LogP contribution is 1.92. The number of ether oxygens (including phenoxy) is 1. The van der Waals surface area contributed by atoms with Crippen LogP contribution in [0, 0.1) is 0 Å². The molecule has 1 aliphatic heterocycles. The van der Waals surface area contributed by atoms with Crippen LogP contribution in [-0.2, 0) is 14.8 Å². The topological polar surface area (TPSA) is 67.4 Å². The van der Waals surface area contributed by atoms with E-state index < -0.39 is 10.0 Å². The SMILES string of the molecule is CCS(=O)(=O)NCC1COCCN1. The average molecular weight is 208 g/mol. The van der Waals surface area contributed by atoms with Crippen LogP contribution in [0.15, 0.2) is 0 Å². The van der Waals surface area contributed by atoms with Crippen LogP contribution in [0.2, 0.25) is 0 Å². The zero-order valence-electron chi connectivity index (χ0n) is 7.75. The first-order valence-electron chi connectivity index (χ1n) is 4.42. The third kappa shape index (κ3) is 4.04. The second-order valence-corrected chi connectivity index (χ2v) is 5.07. The van der Waals surface area contributed by atoms with Crippen LogP contribution in [0.5, 0.6) is 0 Å². The van der Waals surface area contributed by atoms with Crippen LogP contribution < -0.4 is 10.0 Å². The molecule has 2 N–H and O–H groups in total.